The van der Waals surface area contributed by atoms with Crippen molar-refractivity contribution in [2.24, 2.45) is 0 Å². The standard InChI is InChI=1S/C20H12Cl2/c21-18-10-9-15(12-19(18)22)20-16-7-3-1-5-13(16)11-14-6-2-4-8-17(14)20/h1-12H. The summed E-state index contributed by atoms with van der Waals surface area (Å²) in [5.74, 6) is 0. The second kappa shape index (κ2) is 5.31. The predicted octanol–water partition coefficient (Wildman–Crippen LogP) is 6.97. The monoisotopic (exact) mass is 322 g/mol. The maximum Gasteiger partial charge on any atom is 0.0598 e. The van der Waals surface area contributed by atoms with Crippen LogP contribution in [0.25, 0.3) is 32.7 Å². The molecule has 2 heteroatoms. The van der Waals surface area contributed by atoms with Crippen LogP contribution in [-0.4, -0.2) is 0 Å². The summed E-state index contributed by atoms with van der Waals surface area (Å²) in [6.45, 7) is 0. The summed E-state index contributed by atoms with van der Waals surface area (Å²) in [6, 6.07) is 24.9. The summed E-state index contributed by atoms with van der Waals surface area (Å²) in [7, 11) is 0. The molecule has 106 valence electrons. The molecule has 0 aliphatic rings. The molecule has 0 bridgehead atoms. The SMILES string of the molecule is Clc1ccc(-c2c3ccccc3cc3ccccc23)cc1Cl. The van der Waals surface area contributed by atoms with Crippen molar-refractivity contribution in [3.8, 4) is 11.1 Å². The molecule has 0 amide bonds. The molecule has 0 saturated carbocycles. The largest absolute Gasteiger partial charge is 0.0827 e. The average Bonchev–Trinajstić information content (AvgIpc) is 2.55. The molecule has 4 aromatic rings. The van der Waals surface area contributed by atoms with Gasteiger partial charge in [0.1, 0.15) is 0 Å². The minimum absolute atomic E-state index is 0.579. The Kier molecular flexibility index (Phi) is 3.29. The number of fused-ring (bicyclic) bond motifs is 2. The zero-order valence-electron chi connectivity index (χ0n) is 11.7. The van der Waals surface area contributed by atoms with Crippen LogP contribution < -0.4 is 0 Å². The van der Waals surface area contributed by atoms with Crippen LogP contribution in [0.5, 0.6) is 0 Å². The van der Waals surface area contributed by atoms with Gasteiger partial charge in [0.05, 0.1) is 10.0 Å². The normalized spacial score (nSPS) is 11.2. The Hall–Kier alpha value is -2.02. The van der Waals surface area contributed by atoms with Gasteiger partial charge in [0.25, 0.3) is 0 Å². The summed E-state index contributed by atoms with van der Waals surface area (Å²) in [5, 5.41) is 6.05. The van der Waals surface area contributed by atoms with Crippen molar-refractivity contribution < 1.29 is 0 Å². The highest BCUT2D eigenvalue weighted by molar-refractivity contribution is 6.42. The van der Waals surface area contributed by atoms with Gasteiger partial charge in [-0.15, -0.1) is 0 Å². The zero-order chi connectivity index (χ0) is 15.1. The van der Waals surface area contributed by atoms with Gasteiger partial charge < -0.3 is 0 Å². The zero-order valence-corrected chi connectivity index (χ0v) is 13.2. The minimum Gasteiger partial charge on any atom is -0.0827 e. The highest BCUT2D eigenvalue weighted by atomic mass is 35.5. The molecule has 0 spiro atoms. The highest BCUT2D eigenvalue weighted by Crippen LogP contribution is 2.38. The summed E-state index contributed by atoms with van der Waals surface area (Å²) < 4.78 is 0. The Morgan fingerprint density at radius 3 is 1.73 bits per heavy atom. The van der Waals surface area contributed by atoms with Crippen molar-refractivity contribution >= 4 is 44.7 Å². The lowest BCUT2D eigenvalue weighted by Crippen LogP contribution is -1.85. The topological polar surface area (TPSA) is 0 Å². The molecule has 0 fully saturated rings. The molecule has 0 heterocycles. The van der Waals surface area contributed by atoms with Gasteiger partial charge in [0.2, 0.25) is 0 Å². The summed E-state index contributed by atoms with van der Waals surface area (Å²) in [6.07, 6.45) is 0. The summed E-state index contributed by atoms with van der Waals surface area (Å²) in [5.41, 5.74) is 2.29. The average molecular weight is 323 g/mol. The van der Waals surface area contributed by atoms with Crippen LogP contribution in [0.2, 0.25) is 10.0 Å². The van der Waals surface area contributed by atoms with Crippen LogP contribution in [0.3, 0.4) is 0 Å². The lowest BCUT2D eigenvalue weighted by atomic mass is 9.92. The first-order valence-corrected chi connectivity index (χ1v) is 7.85. The lowest BCUT2D eigenvalue weighted by molar-refractivity contribution is 1.67. The molecule has 0 unspecified atom stereocenters. The van der Waals surface area contributed by atoms with Crippen LogP contribution in [0.15, 0.2) is 72.8 Å². The van der Waals surface area contributed by atoms with E-state index >= 15 is 0 Å². The Bertz CT molecular complexity index is 949. The fraction of sp³-hybridized carbons (Fsp3) is 0. The van der Waals surface area contributed by atoms with Gasteiger partial charge in [-0.3, -0.25) is 0 Å². The van der Waals surface area contributed by atoms with E-state index in [0.29, 0.717) is 10.0 Å². The molecular formula is C20H12Cl2. The van der Waals surface area contributed by atoms with Crippen molar-refractivity contribution in [1.82, 2.24) is 0 Å². The maximum atomic E-state index is 6.23. The van der Waals surface area contributed by atoms with Gasteiger partial charge in [0, 0.05) is 0 Å². The molecule has 22 heavy (non-hydrogen) atoms. The molecule has 0 aliphatic heterocycles. The second-order valence-corrected chi connectivity index (χ2v) is 6.14. The molecule has 0 aliphatic carbocycles. The predicted molar refractivity (Wildman–Crippen MR) is 96.9 cm³/mol. The van der Waals surface area contributed by atoms with E-state index in [9.17, 15) is 0 Å². The Labute approximate surface area is 138 Å². The number of rotatable bonds is 1. The van der Waals surface area contributed by atoms with Gasteiger partial charge in [0.15, 0.2) is 0 Å². The van der Waals surface area contributed by atoms with Crippen molar-refractivity contribution in [2.45, 2.75) is 0 Å². The van der Waals surface area contributed by atoms with E-state index in [2.05, 4.69) is 54.6 Å². The number of hydrogen-bond donors (Lipinski definition) is 0. The Balaban J connectivity index is 2.18. The van der Waals surface area contributed by atoms with Gasteiger partial charge in [-0.2, -0.15) is 0 Å². The van der Waals surface area contributed by atoms with E-state index in [-0.39, 0.29) is 0 Å². The third-order valence-electron chi connectivity index (χ3n) is 3.98. The summed E-state index contributed by atoms with van der Waals surface area (Å²) >= 11 is 12.3. The molecule has 0 atom stereocenters. The number of hydrogen-bond acceptors (Lipinski definition) is 0. The molecule has 0 radical (unpaired) electrons. The highest BCUT2D eigenvalue weighted by Gasteiger charge is 2.10. The third kappa shape index (κ3) is 2.16. The van der Waals surface area contributed by atoms with E-state index in [4.69, 9.17) is 23.2 Å². The molecule has 4 rings (SSSR count). The maximum absolute atomic E-state index is 6.23. The van der Waals surface area contributed by atoms with Crippen LogP contribution in [0.4, 0.5) is 0 Å². The second-order valence-electron chi connectivity index (χ2n) is 5.32. The molecule has 4 aromatic carbocycles. The number of halogens is 2. The molecule has 0 N–H and O–H groups in total. The molecule has 0 nitrogen and oxygen atoms in total. The Morgan fingerprint density at radius 2 is 1.14 bits per heavy atom. The molecular weight excluding hydrogens is 311 g/mol. The quantitative estimate of drug-likeness (QED) is 0.332. The van der Waals surface area contributed by atoms with Crippen LogP contribution in [0.1, 0.15) is 0 Å². The van der Waals surface area contributed by atoms with Crippen LogP contribution in [-0.2, 0) is 0 Å². The first-order chi connectivity index (χ1) is 10.7. The van der Waals surface area contributed by atoms with Crippen LogP contribution in [0, 0.1) is 0 Å². The van der Waals surface area contributed by atoms with E-state index in [1.807, 2.05) is 18.2 Å². The number of benzene rings is 4. The molecule has 0 aromatic heterocycles. The van der Waals surface area contributed by atoms with E-state index < -0.39 is 0 Å². The van der Waals surface area contributed by atoms with Crippen molar-refractivity contribution in [3.05, 3.63) is 82.8 Å². The van der Waals surface area contributed by atoms with Gasteiger partial charge in [-0.25, -0.2) is 0 Å². The van der Waals surface area contributed by atoms with Crippen LogP contribution >= 0.6 is 23.2 Å². The van der Waals surface area contributed by atoms with E-state index in [1.54, 1.807) is 0 Å². The summed E-state index contributed by atoms with van der Waals surface area (Å²) in [4.78, 5) is 0. The third-order valence-corrected chi connectivity index (χ3v) is 4.72. The fourth-order valence-corrected chi connectivity index (χ4v) is 3.27. The van der Waals surface area contributed by atoms with Crippen molar-refractivity contribution in [2.75, 3.05) is 0 Å². The molecule has 0 saturated heterocycles. The van der Waals surface area contributed by atoms with Gasteiger partial charge >= 0.3 is 0 Å². The van der Waals surface area contributed by atoms with E-state index in [0.717, 1.165) is 5.56 Å². The Morgan fingerprint density at radius 1 is 0.545 bits per heavy atom. The smallest absolute Gasteiger partial charge is 0.0598 e. The van der Waals surface area contributed by atoms with Crippen molar-refractivity contribution in [3.63, 3.8) is 0 Å². The minimum atomic E-state index is 0.579. The first kappa shape index (κ1) is 13.6. The first-order valence-electron chi connectivity index (χ1n) is 7.10. The van der Waals surface area contributed by atoms with Gasteiger partial charge in [-0.05, 0) is 50.9 Å². The van der Waals surface area contributed by atoms with E-state index in [1.165, 1.54) is 27.1 Å². The lowest BCUT2D eigenvalue weighted by Gasteiger charge is -2.12. The fourth-order valence-electron chi connectivity index (χ4n) is 2.98. The van der Waals surface area contributed by atoms with Gasteiger partial charge in [-0.1, -0.05) is 77.8 Å². The van der Waals surface area contributed by atoms with Crippen molar-refractivity contribution in [1.29, 1.82) is 0 Å².